The molecule has 2 aliphatic rings. The number of aromatic nitrogens is 3. The number of halogens is 3. The quantitative estimate of drug-likeness (QED) is 0.259. The van der Waals surface area contributed by atoms with Crippen LogP contribution in [-0.2, 0) is 19.0 Å². The predicted octanol–water partition coefficient (Wildman–Crippen LogP) is 7.12. The number of para-hydroxylation sites is 1. The first-order valence-electron chi connectivity index (χ1n) is 13.5. The highest BCUT2D eigenvalue weighted by atomic mass is 19.4. The number of likely N-dealkylation sites (tertiary alicyclic amines) is 1. The third-order valence-corrected chi connectivity index (χ3v) is 7.65. The summed E-state index contributed by atoms with van der Waals surface area (Å²) >= 11 is 0. The highest BCUT2D eigenvalue weighted by Gasteiger charge is 2.37. The Balaban J connectivity index is 1.23. The number of nitrogens with one attached hydrogen (secondary N) is 2. The highest BCUT2D eigenvalue weighted by molar-refractivity contribution is 5.62. The van der Waals surface area contributed by atoms with Crippen LogP contribution in [0.1, 0.15) is 42.6 Å². The van der Waals surface area contributed by atoms with Crippen molar-refractivity contribution >= 4 is 23.0 Å². The van der Waals surface area contributed by atoms with Crippen molar-refractivity contribution in [2.75, 3.05) is 23.7 Å². The van der Waals surface area contributed by atoms with E-state index in [1.54, 1.807) is 24.3 Å². The summed E-state index contributed by atoms with van der Waals surface area (Å²) in [4.78, 5) is 6.45. The van der Waals surface area contributed by atoms with Crippen LogP contribution in [0.5, 0.6) is 0 Å². The van der Waals surface area contributed by atoms with Gasteiger partial charge in [-0.25, -0.2) is 0 Å². The Bertz CT molecular complexity index is 1410. The Morgan fingerprint density at radius 1 is 0.744 bits per heavy atom. The summed E-state index contributed by atoms with van der Waals surface area (Å²) in [5, 5.41) is 10.2. The molecule has 1 aromatic heterocycles. The highest BCUT2D eigenvalue weighted by Crippen LogP contribution is 2.32. The van der Waals surface area contributed by atoms with Crippen molar-refractivity contribution in [3.05, 3.63) is 89.7 Å². The molecular formula is C30H31F3N6. The van der Waals surface area contributed by atoms with Crippen LogP contribution in [0.3, 0.4) is 0 Å². The van der Waals surface area contributed by atoms with Crippen LogP contribution in [0.15, 0.2) is 72.8 Å². The van der Waals surface area contributed by atoms with Crippen molar-refractivity contribution in [1.82, 2.24) is 19.7 Å². The number of aryl methyl sites for hydroxylation is 2. The van der Waals surface area contributed by atoms with Crippen LogP contribution in [0.2, 0.25) is 0 Å². The van der Waals surface area contributed by atoms with Gasteiger partial charge in [-0.1, -0.05) is 24.3 Å². The molecule has 6 rings (SSSR count). The van der Waals surface area contributed by atoms with Gasteiger partial charge in [0.2, 0.25) is 5.95 Å². The summed E-state index contributed by atoms with van der Waals surface area (Å²) < 4.78 is 42.0. The molecule has 2 heterocycles. The van der Waals surface area contributed by atoms with Crippen molar-refractivity contribution in [2.24, 2.45) is 0 Å². The summed E-state index contributed by atoms with van der Waals surface area (Å²) in [5.74, 6) is -1.16. The fourth-order valence-corrected chi connectivity index (χ4v) is 5.64. The van der Waals surface area contributed by atoms with Crippen LogP contribution in [0.4, 0.5) is 36.2 Å². The minimum Gasteiger partial charge on any atom is -0.356 e. The molecule has 1 atom stereocenters. The van der Waals surface area contributed by atoms with Gasteiger partial charge in [-0.15, -0.1) is 5.10 Å². The van der Waals surface area contributed by atoms with Gasteiger partial charge in [0.25, 0.3) is 5.82 Å². The first-order valence-corrected chi connectivity index (χ1v) is 13.5. The topological polar surface area (TPSA) is 58.0 Å². The molecule has 0 saturated carbocycles. The molecule has 9 heteroatoms. The molecule has 1 saturated heterocycles. The van der Waals surface area contributed by atoms with Gasteiger partial charge in [-0.2, -0.15) is 22.8 Å². The third kappa shape index (κ3) is 5.78. The zero-order valence-corrected chi connectivity index (χ0v) is 21.6. The molecule has 39 heavy (non-hydrogen) atoms. The smallest absolute Gasteiger partial charge is 0.356 e. The van der Waals surface area contributed by atoms with Gasteiger partial charge >= 0.3 is 6.18 Å². The van der Waals surface area contributed by atoms with Crippen LogP contribution < -0.4 is 10.6 Å². The van der Waals surface area contributed by atoms with E-state index in [0.717, 1.165) is 37.1 Å². The predicted molar refractivity (Wildman–Crippen MR) is 147 cm³/mol. The molecule has 1 aliphatic heterocycles. The maximum atomic E-state index is 13.6. The Hall–Kier alpha value is -3.85. The minimum atomic E-state index is -4.66. The fourth-order valence-electron chi connectivity index (χ4n) is 5.64. The zero-order chi connectivity index (χ0) is 26.8. The van der Waals surface area contributed by atoms with E-state index >= 15 is 0 Å². The van der Waals surface area contributed by atoms with E-state index in [4.69, 9.17) is 0 Å². The third-order valence-electron chi connectivity index (χ3n) is 7.65. The number of fused-ring (bicyclic) bond motifs is 1. The Morgan fingerprint density at radius 2 is 1.41 bits per heavy atom. The van der Waals surface area contributed by atoms with Crippen molar-refractivity contribution in [3.8, 4) is 5.69 Å². The number of rotatable bonds is 6. The maximum absolute atomic E-state index is 13.6. The standard InChI is InChI=1S/C30H31F3N6/c31-30(32,33)28-36-29(39(37-28)27-16-12-24(13-17-27)34-23-6-2-1-3-7-23)35-25-11-8-21-9-14-26(15-10-22(21)20-25)38-18-4-5-19-38/h1-3,6-8,11-13,16-17,20,26,34H,4-5,9-10,14-15,18-19H2,(H,35,36,37). The maximum Gasteiger partial charge on any atom is 0.453 e. The second-order valence-corrected chi connectivity index (χ2v) is 10.3. The number of anilines is 4. The molecule has 0 amide bonds. The van der Waals surface area contributed by atoms with Gasteiger partial charge < -0.3 is 15.5 Å². The summed E-state index contributed by atoms with van der Waals surface area (Å²) in [5.41, 5.74) is 5.48. The lowest BCUT2D eigenvalue weighted by Crippen LogP contribution is -2.32. The van der Waals surface area contributed by atoms with Crippen LogP contribution in [0, 0.1) is 0 Å². The molecule has 0 spiro atoms. The van der Waals surface area contributed by atoms with Gasteiger partial charge in [-0.3, -0.25) is 0 Å². The monoisotopic (exact) mass is 532 g/mol. The second kappa shape index (κ2) is 10.7. The number of nitrogens with zero attached hydrogens (tertiary/aromatic N) is 4. The van der Waals surface area contributed by atoms with Crippen LogP contribution in [0.25, 0.3) is 5.69 Å². The lowest BCUT2D eigenvalue weighted by Gasteiger charge is -2.25. The SMILES string of the molecule is FC(F)(F)c1nc(Nc2ccc3c(c2)CCC(N2CCCC2)CC3)n(-c2ccc(Nc3ccccc3)cc2)n1. The van der Waals surface area contributed by atoms with Crippen molar-refractivity contribution in [2.45, 2.75) is 50.7 Å². The zero-order valence-electron chi connectivity index (χ0n) is 21.6. The van der Waals surface area contributed by atoms with Gasteiger partial charge in [0.05, 0.1) is 5.69 Å². The Morgan fingerprint density at radius 3 is 2.13 bits per heavy atom. The van der Waals surface area contributed by atoms with Crippen molar-refractivity contribution < 1.29 is 13.2 Å². The van der Waals surface area contributed by atoms with Gasteiger partial charge in [0.15, 0.2) is 0 Å². The summed E-state index contributed by atoms with van der Waals surface area (Å²) in [6, 6.07) is 23.4. The first kappa shape index (κ1) is 25.4. The Labute approximate surface area is 225 Å². The molecule has 1 fully saturated rings. The largest absolute Gasteiger partial charge is 0.453 e. The van der Waals surface area contributed by atoms with Crippen LogP contribution >= 0.6 is 0 Å². The van der Waals surface area contributed by atoms with Gasteiger partial charge in [-0.05, 0) is 111 Å². The number of hydrogen-bond acceptors (Lipinski definition) is 5. The summed E-state index contributed by atoms with van der Waals surface area (Å²) in [6.45, 7) is 2.38. The second-order valence-electron chi connectivity index (χ2n) is 10.3. The van der Waals surface area contributed by atoms with E-state index in [1.807, 2.05) is 36.4 Å². The Kier molecular flexibility index (Phi) is 6.99. The number of hydrogen-bond donors (Lipinski definition) is 2. The lowest BCUT2D eigenvalue weighted by atomic mass is 10.0. The van der Waals surface area contributed by atoms with E-state index < -0.39 is 12.0 Å². The lowest BCUT2D eigenvalue weighted by molar-refractivity contribution is -0.144. The van der Waals surface area contributed by atoms with E-state index in [1.165, 1.54) is 41.7 Å². The molecule has 0 radical (unpaired) electrons. The molecule has 0 bridgehead atoms. The summed E-state index contributed by atoms with van der Waals surface area (Å²) in [6.07, 6.45) is 2.15. The van der Waals surface area contributed by atoms with Crippen molar-refractivity contribution in [3.63, 3.8) is 0 Å². The average Bonchev–Trinajstić information content (AvgIpc) is 3.57. The normalized spacial score (nSPS) is 18.0. The number of benzene rings is 3. The number of alkyl halides is 3. The molecule has 3 aromatic carbocycles. The molecular weight excluding hydrogens is 501 g/mol. The molecule has 4 aromatic rings. The van der Waals surface area contributed by atoms with Crippen molar-refractivity contribution in [1.29, 1.82) is 0 Å². The molecule has 6 nitrogen and oxygen atoms in total. The summed E-state index contributed by atoms with van der Waals surface area (Å²) in [7, 11) is 0. The van der Waals surface area contributed by atoms with Gasteiger partial charge in [0, 0.05) is 23.1 Å². The molecule has 2 N–H and O–H groups in total. The molecule has 202 valence electrons. The van der Waals surface area contributed by atoms with Gasteiger partial charge in [0.1, 0.15) is 0 Å². The average molecular weight is 533 g/mol. The van der Waals surface area contributed by atoms with E-state index in [0.29, 0.717) is 17.4 Å². The molecule has 1 unspecified atom stereocenters. The van der Waals surface area contributed by atoms with E-state index in [2.05, 4.69) is 37.7 Å². The fraction of sp³-hybridized carbons (Fsp3) is 0.333. The van der Waals surface area contributed by atoms with E-state index in [-0.39, 0.29) is 5.95 Å². The van der Waals surface area contributed by atoms with E-state index in [9.17, 15) is 13.2 Å². The minimum absolute atomic E-state index is 0.0228. The van der Waals surface area contributed by atoms with Crippen LogP contribution in [-0.4, -0.2) is 38.8 Å². The molecule has 1 aliphatic carbocycles. The first-order chi connectivity index (χ1) is 18.9.